The second-order valence-electron chi connectivity index (χ2n) is 5.70. The standard InChI is InChI=1S/C18H20FO4P/c19-17-13-7-8-14-18(17)23-24(20,21-15-9-3-1-4-10-15)22-16-11-5-2-6-12-16/h1-6,9-12,17-18H,7-8,13-14H2/t17-,18-/m1/s1. The molecule has 1 aliphatic rings. The lowest BCUT2D eigenvalue weighted by atomic mass is 9.96. The summed E-state index contributed by atoms with van der Waals surface area (Å²) in [6, 6.07) is 17.2. The van der Waals surface area contributed by atoms with Crippen LogP contribution in [0.3, 0.4) is 0 Å². The van der Waals surface area contributed by atoms with Crippen LogP contribution < -0.4 is 9.05 Å². The monoisotopic (exact) mass is 350 g/mol. The van der Waals surface area contributed by atoms with E-state index in [2.05, 4.69) is 0 Å². The number of hydrogen-bond acceptors (Lipinski definition) is 4. The first-order valence-corrected chi connectivity index (χ1v) is 9.52. The van der Waals surface area contributed by atoms with Crippen LogP contribution in [0.5, 0.6) is 11.5 Å². The molecule has 0 aromatic heterocycles. The van der Waals surface area contributed by atoms with Crippen molar-refractivity contribution in [3.63, 3.8) is 0 Å². The first-order valence-electron chi connectivity index (χ1n) is 8.06. The van der Waals surface area contributed by atoms with Gasteiger partial charge in [0.2, 0.25) is 0 Å². The van der Waals surface area contributed by atoms with Gasteiger partial charge in [-0.1, -0.05) is 49.2 Å². The van der Waals surface area contributed by atoms with Crippen molar-refractivity contribution in [2.75, 3.05) is 0 Å². The molecule has 3 rings (SSSR count). The number of hydrogen-bond donors (Lipinski definition) is 0. The van der Waals surface area contributed by atoms with E-state index in [1.807, 2.05) is 12.1 Å². The third-order valence-electron chi connectivity index (χ3n) is 3.81. The molecular weight excluding hydrogens is 330 g/mol. The molecule has 0 heterocycles. The molecule has 1 fully saturated rings. The van der Waals surface area contributed by atoms with Gasteiger partial charge in [0.15, 0.2) is 0 Å². The van der Waals surface area contributed by atoms with E-state index >= 15 is 0 Å². The average molecular weight is 350 g/mol. The highest BCUT2D eigenvalue weighted by atomic mass is 31.2. The molecule has 0 bridgehead atoms. The number of para-hydroxylation sites is 2. The Bertz CT molecular complexity index is 634. The van der Waals surface area contributed by atoms with Crippen molar-refractivity contribution in [2.45, 2.75) is 38.0 Å². The van der Waals surface area contributed by atoms with Crippen LogP contribution in [-0.2, 0) is 9.09 Å². The van der Waals surface area contributed by atoms with Crippen LogP contribution in [0.25, 0.3) is 0 Å². The summed E-state index contributed by atoms with van der Waals surface area (Å²) < 4.78 is 43.8. The summed E-state index contributed by atoms with van der Waals surface area (Å²) in [4.78, 5) is 0. The molecule has 2 aromatic carbocycles. The van der Waals surface area contributed by atoms with E-state index < -0.39 is 20.1 Å². The second kappa shape index (κ2) is 7.82. The lowest BCUT2D eigenvalue weighted by Crippen LogP contribution is -2.29. The average Bonchev–Trinajstić information content (AvgIpc) is 2.58. The highest BCUT2D eigenvalue weighted by Gasteiger charge is 2.38. The zero-order valence-corrected chi connectivity index (χ0v) is 14.1. The van der Waals surface area contributed by atoms with Gasteiger partial charge in [0.1, 0.15) is 23.8 Å². The Kier molecular flexibility index (Phi) is 5.54. The minimum atomic E-state index is -4.01. The van der Waals surface area contributed by atoms with Crippen molar-refractivity contribution in [2.24, 2.45) is 0 Å². The van der Waals surface area contributed by atoms with E-state index in [-0.39, 0.29) is 0 Å². The van der Waals surface area contributed by atoms with Crippen LogP contribution in [0.1, 0.15) is 25.7 Å². The molecule has 0 amide bonds. The van der Waals surface area contributed by atoms with Crippen molar-refractivity contribution in [1.29, 1.82) is 0 Å². The molecule has 0 radical (unpaired) electrons. The number of halogens is 1. The molecule has 6 heteroatoms. The fraction of sp³-hybridized carbons (Fsp3) is 0.333. The minimum Gasteiger partial charge on any atom is -0.395 e. The van der Waals surface area contributed by atoms with Crippen LogP contribution in [0, 0.1) is 0 Å². The Balaban J connectivity index is 1.80. The second-order valence-corrected chi connectivity index (χ2v) is 7.17. The fourth-order valence-corrected chi connectivity index (χ4v) is 4.07. The molecule has 24 heavy (non-hydrogen) atoms. The molecule has 0 aliphatic heterocycles. The Hall–Kier alpha value is -1.84. The maximum absolute atomic E-state index is 14.1. The summed E-state index contributed by atoms with van der Waals surface area (Å²) in [5.74, 6) is 0.700. The van der Waals surface area contributed by atoms with Crippen LogP contribution in [0.4, 0.5) is 4.39 Å². The van der Waals surface area contributed by atoms with Gasteiger partial charge in [-0.2, -0.15) is 0 Å². The normalized spacial score (nSPS) is 21.2. The lowest BCUT2D eigenvalue weighted by Gasteiger charge is -2.28. The van der Waals surface area contributed by atoms with Gasteiger partial charge in [-0.25, -0.2) is 8.96 Å². The van der Waals surface area contributed by atoms with Crippen molar-refractivity contribution < 1.29 is 22.5 Å². The number of rotatable bonds is 6. The predicted octanol–water partition coefficient (Wildman–Crippen LogP) is 5.55. The molecule has 0 saturated heterocycles. The highest BCUT2D eigenvalue weighted by molar-refractivity contribution is 7.49. The summed E-state index contributed by atoms with van der Waals surface area (Å²) in [6.45, 7) is 0. The summed E-state index contributed by atoms with van der Waals surface area (Å²) in [5.41, 5.74) is 0. The fourth-order valence-electron chi connectivity index (χ4n) is 2.62. The van der Waals surface area contributed by atoms with E-state index in [0.717, 1.165) is 12.8 Å². The Morgan fingerprint density at radius 3 is 1.83 bits per heavy atom. The summed E-state index contributed by atoms with van der Waals surface area (Å²) in [5, 5.41) is 0. The zero-order valence-electron chi connectivity index (χ0n) is 13.2. The van der Waals surface area contributed by atoms with Crippen LogP contribution in [0.2, 0.25) is 0 Å². The van der Waals surface area contributed by atoms with Crippen LogP contribution >= 0.6 is 7.82 Å². The molecule has 0 N–H and O–H groups in total. The van der Waals surface area contributed by atoms with Gasteiger partial charge in [-0.15, -0.1) is 0 Å². The number of benzene rings is 2. The summed E-state index contributed by atoms with van der Waals surface area (Å²) in [6.07, 6.45) is 0.609. The molecule has 1 saturated carbocycles. The van der Waals surface area contributed by atoms with Crippen molar-refractivity contribution in [1.82, 2.24) is 0 Å². The van der Waals surface area contributed by atoms with Gasteiger partial charge >= 0.3 is 7.82 Å². The molecule has 2 atom stereocenters. The van der Waals surface area contributed by atoms with E-state index in [1.54, 1.807) is 48.5 Å². The number of phosphoric ester groups is 1. The third kappa shape index (κ3) is 4.59. The van der Waals surface area contributed by atoms with Crippen molar-refractivity contribution >= 4 is 7.82 Å². The lowest BCUT2D eigenvalue weighted by molar-refractivity contribution is 0.0423. The van der Waals surface area contributed by atoms with E-state index in [9.17, 15) is 8.96 Å². The van der Waals surface area contributed by atoms with Gasteiger partial charge in [0.05, 0.1) is 0 Å². The molecule has 0 spiro atoms. The third-order valence-corrected chi connectivity index (χ3v) is 5.21. The zero-order chi connectivity index (χ0) is 16.8. The van der Waals surface area contributed by atoms with E-state index in [4.69, 9.17) is 13.6 Å². The van der Waals surface area contributed by atoms with Crippen LogP contribution in [-0.4, -0.2) is 12.3 Å². The Morgan fingerprint density at radius 2 is 1.33 bits per heavy atom. The largest absolute Gasteiger partial charge is 0.587 e. The van der Waals surface area contributed by atoms with Gasteiger partial charge < -0.3 is 9.05 Å². The molecule has 2 aromatic rings. The summed E-state index contributed by atoms with van der Waals surface area (Å²) in [7, 11) is -4.01. The summed E-state index contributed by atoms with van der Waals surface area (Å²) >= 11 is 0. The number of alkyl halides is 1. The molecular formula is C18H20FO4P. The molecule has 0 unspecified atom stereocenters. The molecule has 1 aliphatic carbocycles. The first kappa shape index (κ1) is 17.0. The Labute approximate surface area is 141 Å². The highest BCUT2D eigenvalue weighted by Crippen LogP contribution is 2.52. The van der Waals surface area contributed by atoms with E-state index in [0.29, 0.717) is 24.3 Å². The SMILES string of the molecule is O=P(Oc1ccccc1)(Oc1ccccc1)O[C@@H]1CCCC[C@H]1F. The first-order chi connectivity index (χ1) is 11.6. The minimum absolute atomic E-state index is 0.350. The van der Waals surface area contributed by atoms with Gasteiger partial charge in [-0.05, 0) is 37.1 Å². The van der Waals surface area contributed by atoms with Crippen LogP contribution in [0.15, 0.2) is 60.7 Å². The number of phosphoric acid groups is 1. The predicted molar refractivity (Wildman–Crippen MR) is 90.0 cm³/mol. The molecule has 4 nitrogen and oxygen atoms in total. The Morgan fingerprint density at radius 1 is 0.833 bits per heavy atom. The van der Waals surface area contributed by atoms with Crippen molar-refractivity contribution in [3.05, 3.63) is 60.7 Å². The van der Waals surface area contributed by atoms with Gasteiger partial charge in [0.25, 0.3) is 0 Å². The molecule has 128 valence electrons. The maximum Gasteiger partial charge on any atom is 0.587 e. The maximum atomic E-state index is 14.1. The van der Waals surface area contributed by atoms with Gasteiger partial charge in [-0.3, -0.25) is 4.52 Å². The van der Waals surface area contributed by atoms with Crippen molar-refractivity contribution in [3.8, 4) is 11.5 Å². The smallest absolute Gasteiger partial charge is 0.395 e. The topological polar surface area (TPSA) is 44.8 Å². The van der Waals surface area contributed by atoms with Gasteiger partial charge in [0, 0.05) is 0 Å². The quantitative estimate of drug-likeness (QED) is 0.641. The van der Waals surface area contributed by atoms with E-state index in [1.165, 1.54) is 0 Å².